The van der Waals surface area contributed by atoms with E-state index in [0.717, 1.165) is 63.1 Å². The monoisotopic (exact) mass is 477 g/mol. The number of likely N-dealkylation sites (N-methyl/N-ethyl adjacent to an activating group) is 1. The van der Waals surface area contributed by atoms with Crippen LogP contribution in [0.25, 0.3) is 44.2 Å². The topological polar surface area (TPSA) is 94.0 Å². The van der Waals surface area contributed by atoms with Gasteiger partial charge in [0.25, 0.3) is 0 Å². The number of imidazole rings is 2. The summed E-state index contributed by atoms with van der Waals surface area (Å²) in [5.41, 5.74) is 6.52. The van der Waals surface area contributed by atoms with E-state index in [9.17, 15) is 0 Å². The second-order valence-electron chi connectivity index (χ2n) is 7.83. The quantitative estimate of drug-likeness (QED) is 0.322. The molecule has 0 aliphatic heterocycles. The molecule has 0 saturated heterocycles. The van der Waals surface area contributed by atoms with E-state index in [1.54, 1.807) is 25.6 Å². The summed E-state index contributed by atoms with van der Waals surface area (Å²) in [5, 5.41) is 0. The molecule has 4 aromatic heterocycles. The van der Waals surface area contributed by atoms with Gasteiger partial charge in [-0.05, 0) is 31.2 Å². The molecule has 1 N–H and O–H groups in total. The molecule has 0 aliphatic carbocycles. The van der Waals surface area contributed by atoms with Crippen molar-refractivity contribution in [3.05, 3.63) is 42.2 Å². The molecule has 0 fully saturated rings. The number of benzene rings is 1. The number of pyridine rings is 1. The summed E-state index contributed by atoms with van der Waals surface area (Å²) >= 11 is 1.63. The standard InChI is InChI=1S/C24H27N7O2S/c1-4-30(9-11-32-2)24-21-19(7-8-25-24)31(10-12-33-3)23(29-21)18-14-26-22(28-18)16-5-6-20-17(13-16)27-15-34-20/h5-8,13-15H,4,9-12H2,1-3H3,(H,26,28). The second-order valence-corrected chi connectivity index (χ2v) is 8.72. The molecule has 9 nitrogen and oxygen atoms in total. The zero-order valence-electron chi connectivity index (χ0n) is 19.5. The van der Waals surface area contributed by atoms with Gasteiger partial charge in [0.1, 0.15) is 17.0 Å². The first-order valence-corrected chi connectivity index (χ1v) is 12.1. The van der Waals surface area contributed by atoms with Crippen LogP contribution in [0.15, 0.2) is 42.2 Å². The molecule has 0 saturated carbocycles. The molecule has 0 unspecified atom stereocenters. The second kappa shape index (κ2) is 9.88. The Hall–Kier alpha value is -3.34. The highest BCUT2D eigenvalue weighted by Gasteiger charge is 2.20. The van der Waals surface area contributed by atoms with E-state index in [1.807, 2.05) is 24.0 Å². The van der Waals surface area contributed by atoms with Crippen LogP contribution in [0.4, 0.5) is 5.82 Å². The number of H-pyrrole nitrogens is 1. The van der Waals surface area contributed by atoms with E-state index < -0.39 is 0 Å². The van der Waals surface area contributed by atoms with Gasteiger partial charge >= 0.3 is 0 Å². The molecule has 176 valence electrons. The lowest BCUT2D eigenvalue weighted by Gasteiger charge is -2.21. The van der Waals surface area contributed by atoms with E-state index in [4.69, 9.17) is 14.5 Å². The number of rotatable bonds is 10. The van der Waals surface area contributed by atoms with E-state index >= 15 is 0 Å². The Morgan fingerprint density at radius 3 is 2.79 bits per heavy atom. The first-order valence-electron chi connectivity index (χ1n) is 11.2. The van der Waals surface area contributed by atoms with Gasteiger partial charge in [0.2, 0.25) is 0 Å². The molecular formula is C24H27N7O2S. The molecule has 0 radical (unpaired) electrons. The van der Waals surface area contributed by atoms with Crippen LogP contribution in [-0.2, 0) is 16.0 Å². The predicted molar refractivity (Wildman–Crippen MR) is 135 cm³/mol. The third-order valence-corrected chi connectivity index (χ3v) is 6.64. The van der Waals surface area contributed by atoms with Crippen LogP contribution in [0.2, 0.25) is 0 Å². The number of aromatic amines is 1. The van der Waals surface area contributed by atoms with Gasteiger partial charge in [-0.3, -0.25) is 0 Å². The molecule has 5 aromatic rings. The minimum absolute atomic E-state index is 0.568. The fourth-order valence-electron chi connectivity index (χ4n) is 4.09. The van der Waals surface area contributed by atoms with Crippen LogP contribution in [0.1, 0.15) is 6.92 Å². The van der Waals surface area contributed by atoms with Gasteiger partial charge in [-0.25, -0.2) is 19.9 Å². The van der Waals surface area contributed by atoms with Crippen LogP contribution in [0.3, 0.4) is 0 Å². The van der Waals surface area contributed by atoms with Gasteiger partial charge in [-0.2, -0.15) is 0 Å². The average Bonchev–Trinajstić information content (AvgIpc) is 3.61. The number of nitrogens with one attached hydrogen (secondary N) is 1. The highest BCUT2D eigenvalue weighted by atomic mass is 32.1. The fraction of sp³-hybridized carbons (Fsp3) is 0.333. The molecule has 34 heavy (non-hydrogen) atoms. The first kappa shape index (κ1) is 22.5. The van der Waals surface area contributed by atoms with Crippen LogP contribution in [0, 0.1) is 0 Å². The fourth-order valence-corrected chi connectivity index (χ4v) is 4.75. The third-order valence-electron chi connectivity index (χ3n) is 5.83. The molecular weight excluding hydrogens is 450 g/mol. The van der Waals surface area contributed by atoms with Crippen LogP contribution in [0.5, 0.6) is 0 Å². The van der Waals surface area contributed by atoms with Crippen molar-refractivity contribution < 1.29 is 9.47 Å². The van der Waals surface area contributed by atoms with E-state index in [-0.39, 0.29) is 0 Å². The number of thiazole rings is 1. The van der Waals surface area contributed by atoms with Crippen molar-refractivity contribution in [2.75, 3.05) is 45.4 Å². The summed E-state index contributed by atoms with van der Waals surface area (Å²) in [6.45, 7) is 5.51. The Kier molecular flexibility index (Phi) is 6.52. The zero-order chi connectivity index (χ0) is 23.5. The molecule has 0 bridgehead atoms. The molecule has 10 heteroatoms. The number of methoxy groups -OCH3 is 2. The SMILES string of the molecule is CCN(CCOC)c1nccc2c1nc(-c1cnc(-c3ccc4scnc4c3)[nH]1)n2CCOC. The summed E-state index contributed by atoms with van der Waals surface area (Å²) in [5.74, 6) is 2.43. The van der Waals surface area contributed by atoms with E-state index in [2.05, 4.69) is 54.5 Å². The highest BCUT2D eigenvalue weighted by molar-refractivity contribution is 7.16. The number of hydrogen-bond donors (Lipinski definition) is 1. The number of ether oxygens (including phenoxy) is 2. The van der Waals surface area contributed by atoms with Crippen LogP contribution >= 0.6 is 11.3 Å². The minimum Gasteiger partial charge on any atom is -0.383 e. The number of fused-ring (bicyclic) bond motifs is 2. The lowest BCUT2D eigenvalue weighted by atomic mass is 10.2. The van der Waals surface area contributed by atoms with Gasteiger partial charge in [0.15, 0.2) is 11.6 Å². The first-order chi connectivity index (χ1) is 16.7. The Balaban J connectivity index is 1.59. The Bertz CT molecular complexity index is 1410. The highest BCUT2D eigenvalue weighted by Crippen LogP contribution is 2.31. The number of nitrogens with zero attached hydrogens (tertiary/aromatic N) is 6. The average molecular weight is 478 g/mol. The van der Waals surface area contributed by atoms with Crippen LogP contribution in [-0.4, -0.2) is 70.0 Å². The van der Waals surface area contributed by atoms with Crippen molar-refractivity contribution in [1.29, 1.82) is 0 Å². The van der Waals surface area contributed by atoms with Gasteiger partial charge in [-0.15, -0.1) is 11.3 Å². The number of hydrogen-bond acceptors (Lipinski definition) is 8. The summed E-state index contributed by atoms with van der Waals surface area (Å²) in [4.78, 5) is 24.4. The molecule has 0 aliphatic rings. The smallest absolute Gasteiger partial charge is 0.159 e. The molecule has 0 atom stereocenters. The van der Waals surface area contributed by atoms with E-state index in [1.165, 1.54) is 0 Å². The van der Waals surface area contributed by atoms with Gasteiger partial charge in [-0.1, -0.05) is 0 Å². The van der Waals surface area contributed by atoms with Crippen molar-refractivity contribution in [2.24, 2.45) is 0 Å². The van der Waals surface area contributed by atoms with Gasteiger partial charge in [0, 0.05) is 45.6 Å². The Labute approximate surface area is 201 Å². The largest absolute Gasteiger partial charge is 0.383 e. The zero-order valence-corrected chi connectivity index (χ0v) is 20.3. The van der Waals surface area contributed by atoms with Crippen molar-refractivity contribution in [3.63, 3.8) is 0 Å². The lowest BCUT2D eigenvalue weighted by Crippen LogP contribution is -2.27. The maximum absolute atomic E-state index is 5.39. The maximum Gasteiger partial charge on any atom is 0.159 e. The predicted octanol–water partition coefficient (Wildman–Crippen LogP) is 4.22. The van der Waals surface area contributed by atoms with Gasteiger partial charge < -0.3 is 23.9 Å². The number of anilines is 1. The molecule has 0 amide bonds. The molecule has 4 heterocycles. The minimum atomic E-state index is 0.568. The summed E-state index contributed by atoms with van der Waals surface area (Å²) in [6, 6.07) is 8.20. The Morgan fingerprint density at radius 1 is 1.09 bits per heavy atom. The third kappa shape index (κ3) is 4.15. The van der Waals surface area contributed by atoms with Gasteiger partial charge in [0.05, 0.1) is 40.7 Å². The summed E-state index contributed by atoms with van der Waals surface area (Å²) in [6.07, 6.45) is 3.67. The van der Waals surface area contributed by atoms with Crippen molar-refractivity contribution in [3.8, 4) is 22.9 Å². The summed E-state index contributed by atoms with van der Waals surface area (Å²) < 4.78 is 14.0. The Morgan fingerprint density at radius 2 is 1.97 bits per heavy atom. The normalized spacial score (nSPS) is 11.6. The van der Waals surface area contributed by atoms with Crippen molar-refractivity contribution >= 4 is 38.4 Å². The van der Waals surface area contributed by atoms with Crippen molar-refractivity contribution in [2.45, 2.75) is 13.5 Å². The molecule has 0 spiro atoms. The van der Waals surface area contributed by atoms with E-state index in [0.29, 0.717) is 19.8 Å². The van der Waals surface area contributed by atoms with Crippen molar-refractivity contribution in [1.82, 2.24) is 29.5 Å². The van der Waals surface area contributed by atoms with Crippen LogP contribution < -0.4 is 4.90 Å². The summed E-state index contributed by atoms with van der Waals surface area (Å²) in [7, 11) is 3.42. The molecule has 5 rings (SSSR count). The lowest BCUT2D eigenvalue weighted by molar-refractivity contribution is 0.188. The molecule has 1 aromatic carbocycles. The number of aromatic nitrogens is 6. The maximum atomic E-state index is 5.39.